The molecule has 0 aliphatic heterocycles. The average molecular weight is 478 g/mol. The summed E-state index contributed by atoms with van der Waals surface area (Å²) in [5.41, 5.74) is -0.202. The molecule has 0 bridgehead atoms. The molecule has 0 saturated carbocycles. The Balaban J connectivity index is 1.81. The molecule has 0 radical (unpaired) electrons. The highest BCUT2D eigenvalue weighted by molar-refractivity contribution is 6.31. The van der Waals surface area contributed by atoms with Gasteiger partial charge in [-0.3, -0.25) is 15.1 Å². The number of hydrogen-bond donors (Lipinski definition) is 2. The SMILES string of the molecule is COc1ccc(CNC(=O)NC(=O)C(c2cc(C(F)(F)F)ccn2)c2ccccc2Cl)cc1. The molecule has 6 nitrogen and oxygen atoms in total. The van der Waals surface area contributed by atoms with Gasteiger partial charge in [0.1, 0.15) is 11.7 Å². The first-order valence-corrected chi connectivity index (χ1v) is 10.1. The van der Waals surface area contributed by atoms with Crippen molar-refractivity contribution in [3.8, 4) is 5.75 Å². The summed E-state index contributed by atoms with van der Waals surface area (Å²) in [4.78, 5) is 29.3. The van der Waals surface area contributed by atoms with Gasteiger partial charge >= 0.3 is 12.2 Å². The normalized spacial score (nSPS) is 12.0. The number of nitrogens with one attached hydrogen (secondary N) is 2. The molecule has 172 valence electrons. The van der Waals surface area contributed by atoms with Gasteiger partial charge in [0, 0.05) is 17.8 Å². The minimum Gasteiger partial charge on any atom is -0.497 e. The Morgan fingerprint density at radius 2 is 1.79 bits per heavy atom. The fourth-order valence-corrected chi connectivity index (χ4v) is 3.33. The topological polar surface area (TPSA) is 80.3 Å². The number of alkyl halides is 3. The monoisotopic (exact) mass is 477 g/mol. The van der Waals surface area contributed by atoms with Gasteiger partial charge in [0.05, 0.1) is 18.4 Å². The number of halogens is 4. The summed E-state index contributed by atoms with van der Waals surface area (Å²) < 4.78 is 44.7. The molecule has 1 atom stereocenters. The van der Waals surface area contributed by atoms with Crippen LogP contribution in [0.25, 0.3) is 0 Å². The first-order chi connectivity index (χ1) is 15.7. The maximum Gasteiger partial charge on any atom is 0.416 e. The summed E-state index contributed by atoms with van der Waals surface area (Å²) in [6.07, 6.45) is -3.67. The number of benzene rings is 2. The quantitative estimate of drug-likeness (QED) is 0.528. The van der Waals surface area contributed by atoms with Crippen LogP contribution < -0.4 is 15.4 Å². The van der Waals surface area contributed by atoms with E-state index in [9.17, 15) is 22.8 Å². The Hall–Kier alpha value is -3.59. The van der Waals surface area contributed by atoms with E-state index in [1.54, 1.807) is 36.4 Å². The number of urea groups is 1. The number of aromatic nitrogens is 1. The Morgan fingerprint density at radius 3 is 2.42 bits per heavy atom. The third kappa shape index (κ3) is 6.23. The van der Waals surface area contributed by atoms with Gasteiger partial charge in [-0.25, -0.2) is 4.79 Å². The van der Waals surface area contributed by atoms with E-state index in [4.69, 9.17) is 16.3 Å². The number of carbonyl (C=O) groups excluding carboxylic acids is 2. The van der Waals surface area contributed by atoms with Gasteiger partial charge in [-0.15, -0.1) is 0 Å². The molecule has 0 spiro atoms. The predicted molar refractivity (Wildman–Crippen MR) is 116 cm³/mol. The summed E-state index contributed by atoms with van der Waals surface area (Å²) in [5.74, 6) is -1.57. The minimum atomic E-state index is -4.63. The molecule has 0 fully saturated rings. The van der Waals surface area contributed by atoms with Crippen molar-refractivity contribution in [2.24, 2.45) is 0 Å². The van der Waals surface area contributed by atoms with E-state index in [-0.39, 0.29) is 22.8 Å². The van der Waals surface area contributed by atoms with E-state index in [1.165, 1.54) is 19.2 Å². The molecule has 0 aliphatic rings. The number of ether oxygens (including phenoxy) is 1. The zero-order valence-corrected chi connectivity index (χ0v) is 18.1. The van der Waals surface area contributed by atoms with Crippen LogP contribution in [0.5, 0.6) is 5.75 Å². The smallest absolute Gasteiger partial charge is 0.416 e. The lowest BCUT2D eigenvalue weighted by Gasteiger charge is -2.19. The van der Waals surface area contributed by atoms with Crippen LogP contribution in [0, 0.1) is 0 Å². The van der Waals surface area contributed by atoms with Crippen LogP contribution in [-0.2, 0) is 17.5 Å². The van der Waals surface area contributed by atoms with Crippen molar-refractivity contribution in [1.29, 1.82) is 0 Å². The van der Waals surface area contributed by atoms with Gasteiger partial charge in [0.15, 0.2) is 0 Å². The molecular weight excluding hydrogens is 459 g/mol. The molecular formula is C23H19ClF3N3O3. The average Bonchev–Trinajstić information content (AvgIpc) is 2.79. The number of nitrogens with zero attached hydrogens (tertiary/aromatic N) is 1. The summed E-state index contributed by atoms with van der Waals surface area (Å²) in [5, 5.41) is 4.84. The van der Waals surface area contributed by atoms with E-state index in [1.807, 2.05) is 0 Å². The Bertz CT molecular complexity index is 1140. The van der Waals surface area contributed by atoms with Crippen molar-refractivity contribution in [2.75, 3.05) is 7.11 Å². The Labute approximate surface area is 192 Å². The lowest BCUT2D eigenvalue weighted by Crippen LogP contribution is -2.42. The fourth-order valence-electron chi connectivity index (χ4n) is 3.08. The standard InChI is InChI=1S/C23H19ClF3N3O3/c1-33-16-8-6-14(7-9-16)13-29-22(32)30-21(31)20(17-4-2-3-5-18(17)24)19-12-15(10-11-28-19)23(25,26)27/h2-12,20H,13H2,1H3,(H2,29,30,31,32). The number of amides is 3. The molecule has 1 unspecified atom stereocenters. The van der Waals surface area contributed by atoms with Gasteiger partial charge in [0.2, 0.25) is 5.91 Å². The van der Waals surface area contributed by atoms with Crippen LogP contribution >= 0.6 is 11.6 Å². The van der Waals surface area contributed by atoms with Crippen molar-refractivity contribution >= 4 is 23.5 Å². The van der Waals surface area contributed by atoms with Crippen molar-refractivity contribution in [3.05, 3.63) is 94.3 Å². The lowest BCUT2D eigenvalue weighted by molar-refractivity contribution is -0.137. The minimum absolute atomic E-state index is 0.113. The highest BCUT2D eigenvalue weighted by atomic mass is 35.5. The highest BCUT2D eigenvalue weighted by Gasteiger charge is 2.34. The summed E-state index contributed by atoms with van der Waals surface area (Å²) in [6.45, 7) is 0.113. The number of rotatable bonds is 6. The van der Waals surface area contributed by atoms with Crippen molar-refractivity contribution < 1.29 is 27.5 Å². The molecule has 0 aliphatic carbocycles. The third-order valence-electron chi connectivity index (χ3n) is 4.73. The van der Waals surface area contributed by atoms with Gasteiger partial charge in [-0.1, -0.05) is 41.9 Å². The second-order valence-corrected chi connectivity index (χ2v) is 7.35. The zero-order chi connectivity index (χ0) is 24.0. The van der Waals surface area contributed by atoms with Gasteiger partial charge in [0.25, 0.3) is 0 Å². The van der Waals surface area contributed by atoms with E-state index >= 15 is 0 Å². The second-order valence-electron chi connectivity index (χ2n) is 6.94. The van der Waals surface area contributed by atoms with Crippen LogP contribution in [0.1, 0.15) is 28.3 Å². The summed E-state index contributed by atoms with van der Waals surface area (Å²) in [7, 11) is 1.53. The molecule has 2 aromatic carbocycles. The van der Waals surface area contributed by atoms with E-state index in [0.29, 0.717) is 5.75 Å². The second kappa shape index (κ2) is 10.4. The molecule has 3 aromatic rings. The van der Waals surface area contributed by atoms with Crippen molar-refractivity contribution in [3.63, 3.8) is 0 Å². The van der Waals surface area contributed by atoms with Crippen LogP contribution in [0.3, 0.4) is 0 Å². The van der Waals surface area contributed by atoms with Gasteiger partial charge in [-0.05, 0) is 41.5 Å². The van der Waals surface area contributed by atoms with Crippen molar-refractivity contribution in [1.82, 2.24) is 15.6 Å². The van der Waals surface area contributed by atoms with Crippen LogP contribution in [0.15, 0.2) is 66.9 Å². The number of hydrogen-bond acceptors (Lipinski definition) is 4. The number of pyridine rings is 1. The predicted octanol–water partition coefficient (Wildman–Crippen LogP) is 4.92. The third-order valence-corrected chi connectivity index (χ3v) is 5.08. The lowest BCUT2D eigenvalue weighted by atomic mass is 9.93. The molecule has 1 aromatic heterocycles. The van der Waals surface area contributed by atoms with Crippen molar-refractivity contribution in [2.45, 2.75) is 18.6 Å². The first kappa shape index (κ1) is 24.1. The molecule has 3 rings (SSSR count). The maximum absolute atomic E-state index is 13.2. The molecule has 0 saturated heterocycles. The zero-order valence-electron chi connectivity index (χ0n) is 17.3. The van der Waals surface area contributed by atoms with Crippen LogP contribution in [0.4, 0.5) is 18.0 Å². The summed E-state index contributed by atoms with van der Waals surface area (Å²) in [6, 6.07) is 13.8. The Morgan fingerprint density at radius 1 is 1.09 bits per heavy atom. The van der Waals surface area contributed by atoms with Crippen LogP contribution in [-0.4, -0.2) is 24.0 Å². The number of methoxy groups -OCH3 is 1. The van der Waals surface area contributed by atoms with Gasteiger partial charge in [-0.2, -0.15) is 13.2 Å². The largest absolute Gasteiger partial charge is 0.497 e. The van der Waals surface area contributed by atoms with E-state index in [2.05, 4.69) is 15.6 Å². The number of imide groups is 1. The molecule has 2 N–H and O–H groups in total. The molecule has 33 heavy (non-hydrogen) atoms. The first-order valence-electron chi connectivity index (χ1n) is 9.68. The molecule has 1 heterocycles. The van der Waals surface area contributed by atoms with E-state index < -0.39 is 29.6 Å². The molecule has 3 amide bonds. The fraction of sp³-hybridized carbons (Fsp3) is 0.174. The van der Waals surface area contributed by atoms with Gasteiger partial charge < -0.3 is 10.1 Å². The maximum atomic E-state index is 13.2. The highest BCUT2D eigenvalue weighted by Crippen LogP contribution is 2.34. The molecule has 10 heteroatoms. The van der Waals surface area contributed by atoms with Crippen LogP contribution in [0.2, 0.25) is 5.02 Å². The van der Waals surface area contributed by atoms with E-state index in [0.717, 1.165) is 23.9 Å². The number of carbonyl (C=O) groups is 2. The Kier molecular flexibility index (Phi) is 7.55. The summed E-state index contributed by atoms with van der Waals surface area (Å²) >= 11 is 6.20.